The van der Waals surface area contributed by atoms with Crippen LogP contribution in [0.4, 0.5) is 0 Å². The molecule has 0 saturated heterocycles. The number of aromatic nitrogens is 2. The van der Waals surface area contributed by atoms with E-state index >= 15 is 0 Å². The summed E-state index contributed by atoms with van der Waals surface area (Å²) in [5, 5.41) is 0. The van der Waals surface area contributed by atoms with Crippen molar-refractivity contribution in [2.24, 2.45) is 0 Å². The second-order valence-corrected chi connectivity index (χ2v) is 3.66. The van der Waals surface area contributed by atoms with Crippen LogP contribution in [-0.2, 0) is 6.42 Å². The fraction of sp³-hybridized carbons (Fsp3) is 0.417. The molecule has 0 atom stereocenters. The van der Waals surface area contributed by atoms with Gasteiger partial charge in [0, 0.05) is 11.9 Å². The summed E-state index contributed by atoms with van der Waals surface area (Å²) in [6, 6.07) is 3.92. The van der Waals surface area contributed by atoms with Crippen LogP contribution in [0, 0.1) is 6.92 Å². The maximum absolute atomic E-state index is 5.29. The van der Waals surface area contributed by atoms with Gasteiger partial charge in [0.25, 0.3) is 0 Å². The van der Waals surface area contributed by atoms with Crippen LogP contribution in [0.15, 0.2) is 18.3 Å². The topological polar surface area (TPSA) is 26.5 Å². The zero-order chi connectivity index (χ0) is 10.8. The van der Waals surface area contributed by atoms with Crippen LogP contribution in [0.1, 0.15) is 24.7 Å². The predicted octanol–water partition coefficient (Wildman–Crippen LogP) is 2.60. The lowest BCUT2D eigenvalue weighted by molar-refractivity contribution is 0.417. The lowest BCUT2D eigenvalue weighted by atomic mass is 10.2. The molecule has 2 aromatic heterocycles. The quantitative estimate of drug-likeness (QED) is 0.768. The van der Waals surface area contributed by atoms with Crippen LogP contribution >= 0.6 is 0 Å². The van der Waals surface area contributed by atoms with E-state index in [0.717, 1.165) is 24.2 Å². The highest BCUT2D eigenvalue weighted by atomic mass is 16.5. The lowest BCUT2D eigenvalue weighted by Crippen LogP contribution is -1.91. The van der Waals surface area contributed by atoms with Crippen molar-refractivity contribution in [2.45, 2.75) is 26.7 Å². The highest BCUT2D eigenvalue weighted by molar-refractivity contribution is 5.55. The number of rotatable bonds is 3. The zero-order valence-electron chi connectivity index (χ0n) is 9.45. The zero-order valence-corrected chi connectivity index (χ0v) is 9.45. The minimum atomic E-state index is 0.836. The van der Waals surface area contributed by atoms with Gasteiger partial charge in [0.15, 0.2) is 11.4 Å². The number of ether oxygens (including phenoxy) is 1. The Kier molecular flexibility index (Phi) is 2.62. The molecular formula is C12H16N2O. The summed E-state index contributed by atoms with van der Waals surface area (Å²) >= 11 is 0. The molecule has 0 unspecified atom stereocenters. The average Bonchev–Trinajstić information content (AvgIpc) is 2.57. The smallest absolute Gasteiger partial charge is 0.180 e. The summed E-state index contributed by atoms with van der Waals surface area (Å²) in [7, 11) is 1.68. The predicted molar refractivity (Wildman–Crippen MR) is 60.5 cm³/mol. The molecule has 2 rings (SSSR count). The van der Waals surface area contributed by atoms with Crippen molar-refractivity contribution < 1.29 is 4.74 Å². The number of hydrogen-bond donors (Lipinski definition) is 0. The number of fused-ring (bicyclic) bond motifs is 1. The minimum absolute atomic E-state index is 0.836. The molecule has 0 aliphatic heterocycles. The summed E-state index contributed by atoms with van der Waals surface area (Å²) in [5.74, 6) is 0.836. The third-order valence-corrected chi connectivity index (χ3v) is 2.66. The monoisotopic (exact) mass is 204 g/mol. The van der Waals surface area contributed by atoms with Gasteiger partial charge in [-0.05, 0) is 25.5 Å². The molecule has 0 aromatic carbocycles. The number of nitrogens with zero attached hydrogens (tertiary/aromatic N) is 2. The SMILES string of the molecule is CCCc1nc2c(OC)cccn2c1C. The summed E-state index contributed by atoms with van der Waals surface area (Å²) in [5.41, 5.74) is 3.30. The molecule has 0 amide bonds. The summed E-state index contributed by atoms with van der Waals surface area (Å²) in [6.07, 6.45) is 4.17. The third-order valence-electron chi connectivity index (χ3n) is 2.66. The molecule has 80 valence electrons. The molecule has 0 fully saturated rings. The molecule has 2 aromatic rings. The van der Waals surface area contributed by atoms with E-state index in [1.807, 2.05) is 18.3 Å². The largest absolute Gasteiger partial charge is 0.493 e. The van der Waals surface area contributed by atoms with Gasteiger partial charge >= 0.3 is 0 Å². The van der Waals surface area contributed by atoms with Crippen molar-refractivity contribution in [1.29, 1.82) is 0 Å². The van der Waals surface area contributed by atoms with Crippen LogP contribution in [-0.4, -0.2) is 16.5 Å². The molecule has 0 aliphatic rings. The molecule has 3 heteroatoms. The molecule has 0 N–H and O–H groups in total. The van der Waals surface area contributed by atoms with Crippen molar-refractivity contribution >= 4 is 5.65 Å². The highest BCUT2D eigenvalue weighted by Gasteiger charge is 2.10. The first-order valence-electron chi connectivity index (χ1n) is 5.28. The third kappa shape index (κ3) is 1.58. The molecule has 0 bridgehead atoms. The van der Waals surface area contributed by atoms with Gasteiger partial charge in [-0.15, -0.1) is 0 Å². The molecule has 15 heavy (non-hydrogen) atoms. The molecule has 0 saturated carbocycles. The minimum Gasteiger partial charge on any atom is -0.493 e. The summed E-state index contributed by atoms with van der Waals surface area (Å²) in [4.78, 5) is 4.61. The Bertz CT molecular complexity index is 474. The van der Waals surface area contributed by atoms with E-state index in [2.05, 4.69) is 23.2 Å². The van der Waals surface area contributed by atoms with Crippen LogP contribution in [0.5, 0.6) is 5.75 Å². The molecule has 2 heterocycles. The van der Waals surface area contributed by atoms with Gasteiger partial charge in [0.2, 0.25) is 0 Å². The van der Waals surface area contributed by atoms with Gasteiger partial charge in [-0.1, -0.05) is 13.3 Å². The normalized spacial score (nSPS) is 10.9. The van der Waals surface area contributed by atoms with Gasteiger partial charge in [-0.3, -0.25) is 0 Å². The van der Waals surface area contributed by atoms with Crippen molar-refractivity contribution in [1.82, 2.24) is 9.38 Å². The second kappa shape index (κ2) is 3.93. The van der Waals surface area contributed by atoms with Crippen LogP contribution in [0.2, 0.25) is 0 Å². The van der Waals surface area contributed by atoms with E-state index in [9.17, 15) is 0 Å². The Morgan fingerprint density at radius 1 is 1.47 bits per heavy atom. The lowest BCUT2D eigenvalue weighted by Gasteiger charge is -2.01. The van der Waals surface area contributed by atoms with Crippen molar-refractivity contribution in [3.63, 3.8) is 0 Å². The maximum atomic E-state index is 5.29. The van der Waals surface area contributed by atoms with Crippen molar-refractivity contribution in [3.8, 4) is 5.75 Å². The Morgan fingerprint density at radius 3 is 2.93 bits per heavy atom. The van der Waals surface area contributed by atoms with E-state index in [1.54, 1.807) is 7.11 Å². The number of pyridine rings is 1. The average molecular weight is 204 g/mol. The first-order chi connectivity index (χ1) is 7.27. The van der Waals surface area contributed by atoms with Gasteiger partial charge in [-0.25, -0.2) is 4.98 Å². The fourth-order valence-electron chi connectivity index (χ4n) is 1.84. The van der Waals surface area contributed by atoms with E-state index in [4.69, 9.17) is 4.74 Å². The van der Waals surface area contributed by atoms with Gasteiger partial charge < -0.3 is 9.14 Å². The van der Waals surface area contributed by atoms with Crippen molar-refractivity contribution in [3.05, 3.63) is 29.7 Å². The van der Waals surface area contributed by atoms with Crippen LogP contribution in [0.3, 0.4) is 0 Å². The number of aryl methyl sites for hydroxylation is 2. The van der Waals surface area contributed by atoms with E-state index < -0.39 is 0 Å². The Hall–Kier alpha value is -1.51. The molecular weight excluding hydrogens is 188 g/mol. The molecule has 3 nitrogen and oxygen atoms in total. The van der Waals surface area contributed by atoms with Gasteiger partial charge in [0.05, 0.1) is 12.8 Å². The van der Waals surface area contributed by atoms with Gasteiger partial charge in [0.1, 0.15) is 0 Å². The van der Waals surface area contributed by atoms with E-state index in [-0.39, 0.29) is 0 Å². The van der Waals surface area contributed by atoms with Crippen LogP contribution < -0.4 is 4.74 Å². The maximum Gasteiger partial charge on any atom is 0.180 e. The number of methoxy groups -OCH3 is 1. The molecule has 0 spiro atoms. The summed E-state index contributed by atoms with van der Waals surface area (Å²) in [6.45, 7) is 4.27. The first kappa shape index (κ1) is 10.0. The number of imidazole rings is 1. The Morgan fingerprint density at radius 2 is 2.27 bits per heavy atom. The van der Waals surface area contributed by atoms with E-state index in [1.165, 1.54) is 11.4 Å². The fourth-order valence-corrected chi connectivity index (χ4v) is 1.84. The summed E-state index contributed by atoms with van der Waals surface area (Å²) < 4.78 is 7.38. The Balaban J connectivity index is 2.64. The van der Waals surface area contributed by atoms with Crippen LogP contribution in [0.25, 0.3) is 5.65 Å². The van der Waals surface area contributed by atoms with Gasteiger partial charge in [-0.2, -0.15) is 0 Å². The van der Waals surface area contributed by atoms with Crippen molar-refractivity contribution in [2.75, 3.05) is 7.11 Å². The second-order valence-electron chi connectivity index (χ2n) is 3.66. The number of hydrogen-bond acceptors (Lipinski definition) is 2. The molecule has 0 radical (unpaired) electrons. The Labute approximate surface area is 89.7 Å². The first-order valence-corrected chi connectivity index (χ1v) is 5.28. The molecule has 0 aliphatic carbocycles. The standard InChI is InChI=1S/C12H16N2O/c1-4-6-10-9(2)14-8-5-7-11(15-3)12(14)13-10/h5,7-8H,4,6H2,1-3H3. The van der Waals surface area contributed by atoms with E-state index in [0.29, 0.717) is 0 Å². The highest BCUT2D eigenvalue weighted by Crippen LogP contribution is 2.21.